The summed E-state index contributed by atoms with van der Waals surface area (Å²) in [7, 11) is -0.435. The van der Waals surface area contributed by atoms with Crippen LogP contribution in [0.25, 0.3) is 0 Å². The Balaban J connectivity index is 2.78. The van der Waals surface area contributed by atoms with Gasteiger partial charge in [-0.3, -0.25) is 0 Å². The van der Waals surface area contributed by atoms with Crippen molar-refractivity contribution in [3.63, 3.8) is 0 Å². The van der Waals surface area contributed by atoms with Crippen molar-refractivity contribution in [2.24, 2.45) is 4.36 Å². The van der Waals surface area contributed by atoms with Gasteiger partial charge in [-0.05, 0) is 26.7 Å². The lowest BCUT2D eigenvalue weighted by Crippen LogP contribution is -2.41. The number of alkyl halides is 1. The quantitative estimate of drug-likeness (QED) is 0.565. The van der Waals surface area contributed by atoms with Crippen molar-refractivity contribution in [1.29, 1.82) is 0 Å². The predicted octanol–water partition coefficient (Wildman–Crippen LogP) is 2.31. The zero-order valence-corrected chi connectivity index (χ0v) is 12.0. The summed E-state index contributed by atoms with van der Waals surface area (Å²) in [6.45, 7) is 5.85. The highest BCUT2D eigenvalue weighted by Gasteiger charge is 2.27. The molecule has 0 aliphatic carbocycles. The number of hydrogen-bond acceptors (Lipinski definition) is 2. The van der Waals surface area contributed by atoms with Crippen molar-refractivity contribution < 1.29 is 4.21 Å². The number of rotatable bonds is 2. The van der Waals surface area contributed by atoms with E-state index in [-0.39, 0.29) is 5.25 Å². The monoisotopic (exact) mass is 330 g/mol. The highest BCUT2D eigenvalue weighted by Crippen LogP contribution is 2.23. The van der Waals surface area contributed by atoms with E-state index in [0.29, 0.717) is 0 Å². The third-order valence-electron chi connectivity index (χ3n) is 2.63. The van der Waals surface area contributed by atoms with Crippen LogP contribution in [-0.4, -0.2) is 37.8 Å². The fourth-order valence-corrected chi connectivity index (χ4v) is 4.25. The van der Waals surface area contributed by atoms with Crippen molar-refractivity contribution in [2.75, 3.05) is 20.1 Å². The summed E-state index contributed by atoms with van der Waals surface area (Å²) in [6, 6.07) is 0. The average molecular weight is 330 g/mol. The van der Waals surface area contributed by atoms with Gasteiger partial charge >= 0.3 is 0 Å². The lowest BCUT2D eigenvalue weighted by molar-refractivity contribution is 0.371. The Kier molecular flexibility index (Phi) is 4.64. The van der Waals surface area contributed by atoms with Gasteiger partial charge in [0.15, 0.2) is 0 Å². The van der Waals surface area contributed by atoms with Crippen LogP contribution in [0.2, 0.25) is 0 Å². The van der Waals surface area contributed by atoms with Crippen LogP contribution in [-0.2, 0) is 9.92 Å². The maximum Gasteiger partial charge on any atom is 0.112 e. The van der Waals surface area contributed by atoms with E-state index in [0.717, 1.165) is 29.9 Å². The van der Waals surface area contributed by atoms with Gasteiger partial charge in [-0.15, -0.1) is 0 Å². The first-order chi connectivity index (χ1) is 6.50. The van der Waals surface area contributed by atoms with Gasteiger partial charge in [-0.2, -0.15) is 0 Å². The predicted molar refractivity (Wildman–Crippen MR) is 70.2 cm³/mol. The molecule has 1 saturated heterocycles. The first kappa shape index (κ1) is 12.7. The molecule has 0 bridgehead atoms. The maximum absolute atomic E-state index is 12.5. The zero-order chi connectivity index (χ0) is 10.8. The van der Waals surface area contributed by atoms with E-state index in [1.54, 1.807) is 7.05 Å². The third kappa shape index (κ3) is 2.61. The number of halogens is 1. The minimum Gasteiger partial charge on any atom is -0.233 e. The average Bonchev–Trinajstić information content (AvgIpc) is 2.17. The summed E-state index contributed by atoms with van der Waals surface area (Å²) < 4.78 is 19.4. The first-order valence-corrected chi connectivity index (χ1v) is 7.82. The Hall–Kier alpha value is 0.640. The van der Waals surface area contributed by atoms with Crippen LogP contribution in [0.4, 0.5) is 0 Å². The maximum atomic E-state index is 12.5. The molecule has 1 unspecified atom stereocenters. The van der Waals surface area contributed by atoms with Crippen LogP contribution in [0.15, 0.2) is 4.36 Å². The van der Waals surface area contributed by atoms with Crippen LogP contribution >= 0.6 is 22.6 Å². The van der Waals surface area contributed by atoms with E-state index >= 15 is 0 Å². The van der Waals surface area contributed by atoms with Gasteiger partial charge in [-0.1, -0.05) is 22.6 Å². The molecule has 0 aromatic heterocycles. The van der Waals surface area contributed by atoms with E-state index in [2.05, 4.69) is 31.3 Å². The van der Waals surface area contributed by atoms with Gasteiger partial charge in [0, 0.05) is 24.1 Å². The van der Waals surface area contributed by atoms with Crippen molar-refractivity contribution in [2.45, 2.75) is 35.9 Å². The second kappa shape index (κ2) is 5.12. The summed E-state index contributed by atoms with van der Waals surface area (Å²) in [5.74, 6) is 0. The molecule has 0 aromatic carbocycles. The summed E-state index contributed by atoms with van der Waals surface area (Å²) in [4.78, 5) is 0. The molecule has 1 rings (SSSR count). The van der Waals surface area contributed by atoms with E-state index < -0.39 is 9.92 Å². The second-order valence-electron chi connectivity index (χ2n) is 3.87. The Morgan fingerprint density at radius 1 is 1.43 bits per heavy atom. The number of hydrogen-bond donors (Lipinski definition) is 0. The zero-order valence-electron chi connectivity index (χ0n) is 9.07. The molecule has 1 aliphatic heterocycles. The van der Waals surface area contributed by atoms with Crippen LogP contribution in [0, 0.1) is 0 Å². The van der Waals surface area contributed by atoms with Gasteiger partial charge in [0.25, 0.3) is 0 Å². The lowest BCUT2D eigenvalue weighted by Gasteiger charge is -2.33. The van der Waals surface area contributed by atoms with Gasteiger partial charge in [0.05, 0.1) is 5.25 Å². The van der Waals surface area contributed by atoms with Crippen molar-refractivity contribution in [3.8, 4) is 0 Å². The molecule has 1 aliphatic rings. The van der Waals surface area contributed by atoms with Crippen LogP contribution < -0.4 is 0 Å². The fourth-order valence-electron chi connectivity index (χ4n) is 1.71. The topological polar surface area (TPSA) is 32.7 Å². The molecule has 14 heavy (non-hydrogen) atoms. The molecular weight excluding hydrogens is 311 g/mol. The lowest BCUT2D eigenvalue weighted by atomic mass is 10.2. The molecule has 1 fully saturated rings. The molecule has 1 atom stereocenters. The molecule has 3 nitrogen and oxygen atoms in total. The SMILES string of the molecule is CN=S(=O)(C(C)C)N1CCC(I)CC1. The molecule has 0 saturated carbocycles. The summed E-state index contributed by atoms with van der Waals surface area (Å²) in [5, 5.41) is 0.123. The van der Waals surface area contributed by atoms with Gasteiger partial charge in [-0.25, -0.2) is 12.9 Å². The number of nitrogens with zero attached hydrogens (tertiary/aromatic N) is 2. The summed E-state index contributed by atoms with van der Waals surface area (Å²) in [5.41, 5.74) is 0. The summed E-state index contributed by atoms with van der Waals surface area (Å²) in [6.07, 6.45) is 2.28. The Morgan fingerprint density at radius 3 is 2.29 bits per heavy atom. The summed E-state index contributed by atoms with van der Waals surface area (Å²) >= 11 is 2.47. The van der Waals surface area contributed by atoms with Gasteiger partial charge in [0.1, 0.15) is 9.92 Å². The minimum atomic E-state index is -2.11. The minimum absolute atomic E-state index is 0.123. The highest BCUT2D eigenvalue weighted by molar-refractivity contribution is 14.1. The Bertz CT molecular complexity index is 289. The standard InChI is InChI=1S/C9H19IN2OS/c1-8(2)14(13,11-3)12-6-4-9(10)5-7-12/h8-9H,4-7H2,1-3H3. The second-order valence-corrected chi connectivity index (χ2v) is 8.53. The van der Waals surface area contributed by atoms with E-state index in [1.807, 2.05) is 13.8 Å². The van der Waals surface area contributed by atoms with Crippen molar-refractivity contribution >= 4 is 32.5 Å². The molecule has 0 amide bonds. The molecule has 0 spiro atoms. The third-order valence-corrected chi connectivity index (χ3v) is 6.73. The first-order valence-electron chi connectivity index (χ1n) is 5.04. The molecular formula is C9H19IN2OS. The van der Waals surface area contributed by atoms with Crippen LogP contribution in [0.3, 0.4) is 0 Å². The van der Waals surface area contributed by atoms with Gasteiger partial charge in [0.2, 0.25) is 0 Å². The van der Waals surface area contributed by atoms with Crippen LogP contribution in [0.5, 0.6) is 0 Å². The normalized spacial score (nSPS) is 24.9. The fraction of sp³-hybridized carbons (Fsp3) is 1.00. The van der Waals surface area contributed by atoms with Crippen LogP contribution in [0.1, 0.15) is 26.7 Å². The molecule has 0 N–H and O–H groups in total. The van der Waals surface area contributed by atoms with E-state index in [9.17, 15) is 4.21 Å². The van der Waals surface area contributed by atoms with E-state index in [4.69, 9.17) is 0 Å². The van der Waals surface area contributed by atoms with E-state index in [1.165, 1.54) is 0 Å². The number of piperidine rings is 1. The molecule has 0 radical (unpaired) electrons. The van der Waals surface area contributed by atoms with Gasteiger partial charge < -0.3 is 0 Å². The largest absolute Gasteiger partial charge is 0.233 e. The molecule has 1 heterocycles. The van der Waals surface area contributed by atoms with Crippen molar-refractivity contribution in [3.05, 3.63) is 0 Å². The smallest absolute Gasteiger partial charge is 0.112 e. The Labute approximate surface area is 101 Å². The Morgan fingerprint density at radius 2 is 1.93 bits per heavy atom. The van der Waals surface area contributed by atoms with Crippen molar-refractivity contribution in [1.82, 2.24) is 4.31 Å². The molecule has 5 heteroatoms. The molecule has 84 valence electrons. The highest BCUT2D eigenvalue weighted by atomic mass is 127. The molecule has 0 aromatic rings.